The molecule has 0 spiro atoms. The fourth-order valence-electron chi connectivity index (χ4n) is 3.36. The lowest BCUT2D eigenvalue weighted by Gasteiger charge is -2.26. The second-order valence-corrected chi connectivity index (χ2v) is 6.67. The molecule has 1 amide bonds. The minimum absolute atomic E-state index is 0.00946. The van der Waals surface area contributed by atoms with Crippen LogP contribution in [0.1, 0.15) is 38.8 Å². The van der Waals surface area contributed by atoms with Crippen LogP contribution in [0, 0.1) is 0 Å². The highest BCUT2D eigenvalue weighted by Gasteiger charge is 2.32. The van der Waals surface area contributed by atoms with Crippen LogP contribution in [0.5, 0.6) is 5.75 Å². The Hall–Kier alpha value is -3.52. The van der Waals surface area contributed by atoms with Crippen molar-refractivity contribution in [2.45, 2.75) is 12.5 Å². The largest absolute Gasteiger partial charge is 0.484 e. The van der Waals surface area contributed by atoms with E-state index in [1.54, 1.807) is 49.7 Å². The molecule has 1 aliphatic rings. The zero-order valence-electron chi connectivity index (χ0n) is 15.7. The number of pyridine rings is 2. The highest BCUT2D eigenvalue weighted by Crippen LogP contribution is 2.37. The third-order valence-corrected chi connectivity index (χ3v) is 4.76. The maximum Gasteiger partial charge on any atom is 0.264 e. The number of aromatic nitrogens is 2. The Kier molecular flexibility index (Phi) is 5.09. The number of ether oxygens (including phenoxy) is 2. The van der Waals surface area contributed by atoms with Crippen molar-refractivity contribution in [1.29, 1.82) is 0 Å². The van der Waals surface area contributed by atoms with Crippen molar-refractivity contribution >= 4 is 22.7 Å². The zero-order chi connectivity index (χ0) is 20.4. The van der Waals surface area contributed by atoms with Crippen molar-refractivity contribution in [2.75, 3.05) is 20.3 Å². The van der Waals surface area contributed by atoms with Gasteiger partial charge < -0.3 is 19.8 Å². The number of amides is 1. The number of benzene rings is 1. The molecule has 0 saturated heterocycles. The molecule has 0 radical (unpaired) electrons. The first-order valence-corrected chi connectivity index (χ1v) is 9.16. The summed E-state index contributed by atoms with van der Waals surface area (Å²) in [5, 5.41) is 3.32. The maximum atomic E-state index is 12.7. The molecule has 1 aliphatic heterocycles. The van der Waals surface area contributed by atoms with E-state index < -0.39 is 11.7 Å². The van der Waals surface area contributed by atoms with Gasteiger partial charge in [0, 0.05) is 25.4 Å². The number of ketones is 1. The van der Waals surface area contributed by atoms with E-state index >= 15 is 0 Å². The summed E-state index contributed by atoms with van der Waals surface area (Å²) in [5.74, 6) is -0.316. The van der Waals surface area contributed by atoms with Crippen LogP contribution in [-0.2, 0) is 4.74 Å². The Labute approximate surface area is 165 Å². The fourth-order valence-corrected chi connectivity index (χ4v) is 3.36. The van der Waals surface area contributed by atoms with Gasteiger partial charge in [-0.25, -0.2) is 4.98 Å². The number of rotatable bonds is 5. The van der Waals surface area contributed by atoms with Gasteiger partial charge >= 0.3 is 0 Å². The van der Waals surface area contributed by atoms with Crippen molar-refractivity contribution in [3.05, 3.63) is 69.6 Å². The van der Waals surface area contributed by atoms with E-state index in [9.17, 15) is 14.4 Å². The second kappa shape index (κ2) is 7.84. The number of H-pyrrole nitrogens is 1. The number of fused-ring (bicyclic) bond motifs is 3. The fraction of sp³-hybridized carbons (Fsp3) is 0.238. The molecular weight excluding hydrogens is 374 g/mol. The molecule has 8 nitrogen and oxygen atoms in total. The molecule has 0 fully saturated rings. The maximum absolute atomic E-state index is 12.7. The number of methoxy groups -OCH3 is 1. The van der Waals surface area contributed by atoms with Gasteiger partial charge in [0.15, 0.2) is 5.78 Å². The minimum atomic E-state index is -0.605. The van der Waals surface area contributed by atoms with Gasteiger partial charge in [-0.05, 0) is 29.8 Å². The molecule has 0 aliphatic carbocycles. The summed E-state index contributed by atoms with van der Waals surface area (Å²) in [6.45, 7) is 0.811. The number of carbonyl (C=O) groups excluding carboxylic acids is 2. The van der Waals surface area contributed by atoms with Crippen molar-refractivity contribution in [1.82, 2.24) is 15.3 Å². The Balaban J connectivity index is 1.68. The van der Waals surface area contributed by atoms with Crippen LogP contribution >= 0.6 is 0 Å². The van der Waals surface area contributed by atoms with Crippen LogP contribution < -0.4 is 15.6 Å². The van der Waals surface area contributed by atoms with Crippen molar-refractivity contribution in [3.63, 3.8) is 0 Å². The summed E-state index contributed by atoms with van der Waals surface area (Å²) in [6.07, 6.45) is 0.960. The van der Waals surface area contributed by atoms with Crippen molar-refractivity contribution in [2.24, 2.45) is 0 Å². The van der Waals surface area contributed by atoms with Gasteiger partial charge in [-0.3, -0.25) is 14.4 Å². The Bertz CT molecular complexity index is 1150. The summed E-state index contributed by atoms with van der Waals surface area (Å²) < 4.78 is 11.0. The van der Waals surface area contributed by atoms with E-state index in [-0.39, 0.29) is 29.4 Å². The van der Waals surface area contributed by atoms with Gasteiger partial charge in [0.1, 0.15) is 23.1 Å². The lowest BCUT2D eigenvalue weighted by Crippen LogP contribution is -2.29. The first kappa shape index (κ1) is 18.8. The molecule has 0 saturated carbocycles. The molecule has 8 heteroatoms. The number of nitrogens with zero attached hydrogens (tertiary/aromatic N) is 1. The molecule has 4 rings (SSSR count). The summed E-state index contributed by atoms with van der Waals surface area (Å²) in [5.41, 5.74) is 0.991. The molecule has 1 unspecified atom stereocenters. The van der Waals surface area contributed by atoms with Crippen LogP contribution in [0.15, 0.2) is 47.4 Å². The third kappa shape index (κ3) is 3.62. The second-order valence-electron chi connectivity index (χ2n) is 6.67. The SMILES string of the molecule is COCCNC(=O)c1cccc(C2CC(=O)c3c(c4cccnc4[nH]c3=O)O2)c1. The van der Waals surface area contributed by atoms with Gasteiger partial charge in [-0.15, -0.1) is 0 Å². The lowest BCUT2D eigenvalue weighted by atomic mass is 9.95. The number of hydrogen-bond acceptors (Lipinski definition) is 6. The monoisotopic (exact) mass is 393 g/mol. The number of carbonyl (C=O) groups is 2. The van der Waals surface area contributed by atoms with Crippen LogP contribution in [-0.4, -0.2) is 41.9 Å². The number of aromatic amines is 1. The predicted octanol–water partition coefficient (Wildman–Crippen LogP) is 2.01. The number of Topliss-reactive ketones (excluding diaryl/α,β-unsaturated/α-hetero) is 1. The summed E-state index contributed by atoms with van der Waals surface area (Å²) in [6, 6.07) is 10.4. The summed E-state index contributed by atoms with van der Waals surface area (Å²) in [7, 11) is 1.56. The lowest BCUT2D eigenvalue weighted by molar-refractivity contribution is 0.0850. The molecule has 29 heavy (non-hydrogen) atoms. The van der Waals surface area contributed by atoms with E-state index in [0.29, 0.717) is 35.3 Å². The summed E-state index contributed by atoms with van der Waals surface area (Å²) in [4.78, 5) is 44.1. The van der Waals surface area contributed by atoms with E-state index in [4.69, 9.17) is 9.47 Å². The topological polar surface area (TPSA) is 110 Å². The smallest absolute Gasteiger partial charge is 0.264 e. The standard InChI is InChI=1S/C21H19N3O5/c1-28-9-8-23-20(26)13-5-2-4-12(10-13)16-11-15(25)17-18(29-16)14-6-3-7-22-19(14)24-21(17)27/h2-7,10,16H,8-9,11H2,1H3,(H,23,26)(H,22,24,27). The van der Waals surface area contributed by atoms with E-state index in [1.807, 2.05) is 0 Å². The molecule has 148 valence electrons. The van der Waals surface area contributed by atoms with Crippen LogP contribution in [0.2, 0.25) is 0 Å². The molecule has 2 aromatic heterocycles. The van der Waals surface area contributed by atoms with E-state index in [1.165, 1.54) is 0 Å². The molecule has 0 bridgehead atoms. The molecular formula is C21H19N3O5. The Morgan fingerprint density at radius 2 is 2.17 bits per heavy atom. The van der Waals surface area contributed by atoms with Crippen LogP contribution in [0.25, 0.3) is 11.0 Å². The van der Waals surface area contributed by atoms with Gasteiger partial charge in [0.2, 0.25) is 0 Å². The first-order valence-electron chi connectivity index (χ1n) is 9.16. The van der Waals surface area contributed by atoms with Gasteiger partial charge in [0.25, 0.3) is 11.5 Å². The zero-order valence-corrected chi connectivity index (χ0v) is 15.7. The number of nitrogens with one attached hydrogen (secondary N) is 2. The molecule has 1 atom stereocenters. The highest BCUT2D eigenvalue weighted by atomic mass is 16.5. The Morgan fingerprint density at radius 1 is 1.31 bits per heavy atom. The molecule has 3 heterocycles. The minimum Gasteiger partial charge on any atom is -0.484 e. The average Bonchev–Trinajstić information content (AvgIpc) is 2.73. The molecule has 3 aromatic rings. The highest BCUT2D eigenvalue weighted by molar-refractivity contribution is 6.04. The first-order chi connectivity index (χ1) is 14.1. The quantitative estimate of drug-likeness (QED) is 0.642. The van der Waals surface area contributed by atoms with Crippen LogP contribution in [0.3, 0.4) is 0 Å². The van der Waals surface area contributed by atoms with Crippen molar-refractivity contribution in [3.8, 4) is 5.75 Å². The molecule has 1 aromatic carbocycles. The third-order valence-electron chi connectivity index (χ3n) is 4.76. The van der Waals surface area contributed by atoms with Gasteiger partial charge in [0.05, 0.1) is 18.4 Å². The van der Waals surface area contributed by atoms with Gasteiger partial charge in [-0.2, -0.15) is 0 Å². The van der Waals surface area contributed by atoms with Crippen molar-refractivity contribution < 1.29 is 19.1 Å². The average molecular weight is 393 g/mol. The number of hydrogen-bond donors (Lipinski definition) is 2. The van der Waals surface area contributed by atoms with E-state index in [0.717, 1.165) is 0 Å². The van der Waals surface area contributed by atoms with Crippen LogP contribution in [0.4, 0.5) is 0 Å². The van der Waals surface area contributed by atoms with Gasteiger partial charge in [-0.1, -0.05) is 12.1 Å². The molecule has 2 N–H and O–H groups in total. The predicted molar refractivity (Wildman–Crippen MR) is 105 cm³/mol. The summed E-state index contributed by atoms with van der Waals surface area (Å²) >= 11 is 0. The Morgan fingerprint density at radius 3 is 3.00 bits per heavy atom. The van der Waals surface area contributed by atoms with E-state index in [2.05, 4.69) is 15.3 Å². The normalized spacial score (nSPS) is 15.6.